The van der Waals surface area contributed by atoms with Crippen LogP contribution in [0.15, 0.2) is 42.5 Å². The number of imide groups is 1. The molecule has 0 saturated carbocycles. The molecule has 2 N–H and O–H groups in total. The highest BCUT2D eigenvalue weighted by atomic mass is 16.5. The molecule has 1 heterocycles. The molecule has 33 heavy (non-hydrogen) atoms. The van der Waals surface area contributed by atoms with Crippen LogP contribution in [0.1, 0.15) is 28.4 Å². The third-order valence-corrected chi connectivity index (χ3v) is 5.40. The van der Waals surface area contributed by atoms with E-state index in [-0.39, 0.29) is 6.54 Å². The van der Waals surface area contributed by atoms with Gasteiger partial charge in [0.1, 0.15) is 12.1 Å². The molecule has 1 fully saturated rings. The van der Waals surface area contributed by atoms with Crippen LogP contribution in [0.5, 0.6) is 11.5 Å². The molecule has 4 amide bonds. The molecule has 3 rings (SSSR count). The van der Waals surface area contributed by atoms with Crippen molar-refractivity contribution in [1.82, 2.24) is 15.5 Å². The number of ether oxygens (including phenoxy) is 3. The average molecular weight is 455 g/mol. The summed E-state index contributed by atoms with van der Waals surface area (Å²) in [4.78, 5) is 50.4. The molecular formula is C23H25N3O7. The van der Waals surface area contributed by atoms with Crippen molar-refractivity contribution in [2.75, 3.05) is 27.9 Å². The summed E-state index contributed by atoms with van der Waals surface area (Å²) >= 11 is 0. The van der Waals surface area contributed by atoms with Gasteiger partial charge in [-0.15, -0.1) is 0 Å². The lowest BCUT2D eigenvalue weighted by Gasteiger charge is -2.23. The minimum Gasteiger partial charge on any atom is -0.493 e. The van der Waals surface area contributed by atoms with Crippen molar-refractivity contribution in [2.24, 2.45) is 0 Å². The fraction of sp³-hybridized carbons (Fsp3) is 0.304. The molecular weight excluding hydrogens is 430 g/mol. The van der Waals surface area contributed by atoms with Gasteiger partial charge in [0.2, 0.25) is 5.91 Å². The Hall–Kier alpha value is -4.08. The quantitative estimate of drug-likeness (QED) is 0.458. The average Bonchev–Trinajstić information content (AvgIpc) is 3.05. The van der Waals surface area contributed by atoms with Gasteiger partial charge in [-0.2, -0.15) is 0 Å². The van der Waals surface area contributed by atoms with Gasteiger partial charge < -0.3 is 24.8 Å². The second-order valence-corrected chi connectivity index (χ2v) is 7.48. The SMILES string of the molecule is COC(=O)c1ccc(CNC(=O)CN2C(=O)N[C@](C)(c3ccc(OC)c(OC)c3)C2=O)cc1. The number of carbonyl (C=O) groups excluding carboxylic acids is 4. The molecule has 2 aromatic rings. The summed E-state index contributed by atoms with van der Waals surface area (Å²) in [5.41, 5.74) is 0.262. The topological polar surface area (TPSA) is 123 Å². The van der Waals surface area contributed by atoms with E-state index in [0.29, 0.717) is 22.6 Å². The van der Waals surface area contributed by atoms with Crippen molar-refractivity contribution in [3.8, 4) is 11.5 Å². The number of nitrogens with zero attached hydrogens (tertiary/aromatic N) is 1. The molecule has 0 unspecified atom stereocenters. The number of amides is 4. The van der Waals surface area contributed by atoms with Gasteiger partial charge in [0.15, 0.2) is 11.5 Å². The highest BCUT2D eigenvalue weighted by Gasteiger charge is 2.49. The molecule has 10 nitrogen and oxygen atoms in total. The molecule has 174 valence electrons. The van der Waals surface area contributed by atoms with Crippen LogP contribution in [-0.4, -0.2) is 56.6 Å². The van der Waals surface area contributed by atoms with Crippen LogP contribution < -0.4 is 20.1 Å². The number of rotatable bonds is 8. The van der Waals surface area contributed by atoms with E-state index in [1.807, 2.05) is 0 Å². The maximum absolute atomic E-state index is 13.1. The van der Waals surface area contributed by atoms with Gasteiger partial charge in [0.05, 0.1) is 26.9 Å². The first-order chi connectivity index (χ1) is 15.7. The lowest BCUT2D eigenvalue weighted by Crippen LogP contribution is -2.43. The number of methoxy groups -OCH3 is 3. The van der Waals surface area contributed by atoms with Gasteiger partial charge in [-0.05, 0) is 42.3 Å². The van der Waals surface area contributed by atoms with Crippen LogP contribution in [0, 0.1) is 0 Å². The summed E-state index contributed by atoms with van der Waals surface area (Å²) in [5.74, 6) is -0.628. The first-order valence-corrected chi connectivity index (χ1v) is 10.0. The molecule has 0 bridgehead atoms. The van der Waals surface area contributed by atoms with Gasteiger partial charge in [-0.25, -0.2) is 9.59 Å². The van der Waals surface area contributed by atoms with Crippen molar-refractivity contribution in [3.05, 3.63) is 59.2 Å². The van der Waals surface area contributed by atoms with E-state index in [1.165, 1.54) is 21.3 Å². The number of urea groups is 1. The van der Waals surface area contributed by atoms with Crippen molar-refractivity contribution in [2.45, 2.75) is 19.0 Å². The van der Waals surface area contributed by atoms with Crippen LogP contribution in [0.25, 0.3) is 0 Å². The van der Waals surface area contributed by atoms with Gasteiger partial charge in [0, 0.05) is 6.54 Å². The zero-order valence-corrected chi connectivity index (χ0v) is 18.8. The lowest BCUT2D eigenvalue weighted by atomic mass is 9.91. The minimum atomic E-state index is -1.36. The van der Waals surface area contributed by atoms with E-state index >= 15 is 0 Å². The Bertz CT molecular complexity index is 1080. The first-order valence-electron chi connectivity index (χ1n) is 10.0. The van der Waals surface area contributed by atoms with E-state index in [2.05, 4.69) is 15.4 Å². The highest BCUT2D eigenvalue weighted by molar-refractivity contribution is 6.09. The Morgan fingerprint density at radius 1 is 1.00 bits per heavy atom. The van der Waals surface area contributed by atoms with Gasteiger partial charge >= 0.3 is 12.0 Å². The summed E-state index contributed by atoms with van der Waals surface area (Å²) < 4.78 is 15.1. The molecule has 0 aliphatic carbocycles. The molecule has 1 atom stereocenters. The number of esters is 1. The second kappa shape index (κ2) is 9.60. The monoisotopic (exact) mass is 455 g/mol. The zero-order chi connectivity index (χ0) is 24.2. The summed E-state index contributed by atoms with van der Waals surface area (Å²) in [6.45, 7) is 1.29. The van der Waals surface area contributed by atoms with Crippen LogP contribution in [0.4, 0.5) is 4.79 Å². The van der Waals surface area contributed by atoms with Crippen molar-refractivity contribution < 1.29 is 33.4 Å². The number of nitrogens with one attached hydrogen (secondary N) is 2. The first kappa shape index (κ1) is 23.6. The molecule has 1 saturated heterocycles. The Labute approximate surface area is 190 Å². The van der Waals surface area contributed by atoms with Crippen LogP contribution in [0.2, 0.25) is 0 Å². The predicted octanol–water partition coefficient (Wildman–Crippen LogP) is 1.57. The van der Waals surface area contributed by atoms with Crippen molar-refractivity contribution in [1.29, 1.82) is 0 Å². The molecule has 1 aliphatic heterocycles. The van der Waals surface area contributed by atoms with E-state index < -0.39 is 35.9 Å². The fourth-order valence-electron chi connectivity index (χ4n) is 3.46. The number of carbonyl (C=O) groups is 4. The smallest absolute Gasteiger partial charge is 0.337 e. The lowest BCUT2D eigenvalue weighted by molar-refractivity contribution is -0.134. The normalized spacial score (nSPS) is 17.4. The maximum atomic E-state index is 13.1. The van der Waals surface area contributed by atoms with E-state index in [0.717, 1.165) is 10.5 Å². The van der Waals surface area contributed by atoms with Crippen LogP contribution in [0.3, 0.4) is 0 Å². The van der Waals surface area contributed by atoms with Crippen molar-refractivity contribution in [3.63, 3.8) is 0 Å². The zero-order valence-electron chi connectivity index (χ0n) is 18.8. The summed E-state index contributed by atoms with van der Waals surface area (Å²) in [6, 6.07) is 10.7. The third kappa shape index (κ3) is 4.74. The molecule has 2 aromatic carbocycles. The Kier molecular flexibility index (Phi) is 6.86. The van der Waals surface area contributed by atoms with Gasteiger partial charge in [0.25, 0.3) is 5.91 Å². The molecule has 0 radical (unpaired) electrons. The van der Waals surface area contributed by atoms with E-state index in [4.69, 9.17) is 9.47 Å². The summed E-state index contributed by atoms with van der Waals surface area (Å²) in [5, 5.41) is 5.32. The highest BCUT2D eigenvalue weighted by Crippen LogP contribution is 2.35. The summed E-state index contributed by atoms with van der Waals surface area (Å²) in [6.07, 6.45) is 0. The van der Waals surface area contributed by atoms with Crippen LogP contribution >= 0.6 is 0 Å². The third-order valence-electron chi connectivity index (χ3n) is 5.40. The summed E-state index contributed by atoms with van der Waals surface area (Å²) in [7, 11) is 4.26. The standard InChI is InChI=1S/C23H25N3O7/c1-23(16-9-10-17(31-2)18(11-16)32-3)21(29)26(22(30)25-23)13-19(27)24-12-14-5-7-15(8-6-14)20(28)33-4/h5-11H,12-13H2,1-4H3,(H,24,27)(H,25,30)/t23-/m1/s1. The number of benzene rings is 2. The molecule has 0 spiro atoms. The largest absolute Gasteiger partial charge is 0.493 e. The minimum absolute atomic E-state index is 0.164. The van der Waals surface area contributed by atoms with E-state index in [1.54, 1.807) is 49.4 Å². The Morgan fingerprint density at radius 2 is 1.67 bits per heavy atom. The van der Waals surface area contributed by atoms with E-state index in [9.17, 15) is 19.2 Å². The Morgan fingerprint density at radius 3 is 2.27 bits per heavy atom. The maximum Gasteiger partial charge on any atom is 0.337 e. The molecule has 0 aromatic heterocycles. The van der Waals surface area contributed by atoms with Crippen LogP contribution in [-0.2, 0) is 26.4 Å². The number of hydrogen-bond acceptors (Lipinski definition) is 7. The molecule has 10 heteroatoms. The van der Waals surface area contributed by atoms with Crippen molar-refractivity contribution >= 4 is 23.8 Å². The number of hydrogen-bond donors (Lipinski definition) is 2. The molecule has 1 aliphatic rings. The van der Waals surface area contributed by atoms with Gasteiger partial charge in [-0.1, -0.05) is 18.2 Å². The Balaban J connectivity index is 1.66. The van der Waals surface area contributed by atoms with Gasteiger partial charge in [-0.3, -0.25) is 14.5 Å². The fourth-order valence-corrected chi connectivity index (χ4v) is 3.46. The predicted molar refractivity (Wildman–Crippen MR) is 117 cm³/mol. The second-order valence-electron chi connectivity index (χ2n) is 7.48.